The molecule has 0 radical (unpaired) electrons. The molecule has 3 aromatic rings. The van der Waals surface area contributed by atoms with Crippen LogP contribution >= 0.6 is 11.6 Å². The lowest BCUT2D eigenvalue weighted by atomic mass is 10.1. The summed E-state index contributed by atoms with van der Waals surface area (Å²) in [7, 11) is 0. The molecule has 0 spiro atoms. The third-order valence-corrected chi connectivity index (χ3v) is 5.81. The normalized spacial score (nSPS) is 15.9. The van der Waals surface area contributed by atoms with E-state index in [0.29, 0.717) is 29.4 Å². The van der Waals surface area contributed by atoms with Gasteiger partial charge >= 0.3 is 6.03 Å². The number of benzene rings is 2. The summed E-state index contributed by atoms with van der Waals surface area (Å²) in [6, 6.07) is 12.6. The van der Waals surface area contributed by atoms with Gasteiger partial charge in [0.05, 0.1) is 18.2 Å². The first kappa shape index (κ1) is 21.4. The number of H-pyrrole nitrogens is 1. The summed E-state index contributed by atoms with van der Waals surface area (Å²) >= 11 is 5.94. The smallest absolute Gasteiger partial charge is 0.322 e. The van der Waals surface area contributed by atoms with E-state index in [1.807, 2.05) is 32.0 Å². The fourth-order valence-corrected chi connectivity index (χ4v) is 4.17. The molecule has 0 saturated carbocycles. The zero-order valence-electron chi connectivity index (χ0n) is 17.7. The molecule has 2 amide bonds. The van der Waals surface area contributed by atoms with Crippen LogP contribution in [0.15, 0.2) is 47.3 Å². The molecular formula is C24H26ClN3O3. The highest BCUT2D eigenvalue weighted by atomic mass is 35.5. The van der Waals surface area contributed by atoms with Gasteiger partial charge in [-0.15, -0.1) is 0 Å². The van der Waals surface area contributed by atoms with Crippen molar-refractivity contribution >= 4 is 34.2 Å². The van der Waals surface area contributed by atoms with Crippen LogP contribution in [0.25, 0.3) is 10.9 Å². The van der Waals surface area contributed by atoms with E-state index in [4.69, 9.17) is 16.3 Å². The third-order valence-electron chi connectivity index (χ3n) is 5.56. The van der Waals surface area contributed by atoms with Gasteiger partial charge in [0.1, 0.15) is 0 Å². The van der Waals surface area contributed by atoms with Gasteiger partial charge in [-0.05, 0) is 74.0 Å². The molecule has 0 aliphatic carbocycles. The first-order valence-corrected chi connectivity index (χ1v) is 10.8. The zero-order valence-corrected chi connectivity index (χ0v) is 18.5. The molecule has 0 bridgehead atoms. The summed E-state index contributed by atoms with van der Waals surface area (Å²) in [5, 5.41) is 4.46. The van der Waals surface area contributed by atoms with Gasteiger partial charge in [0.15, 0.2) is 0 Å². The highest BCUT2D eigenvalue weighted by Gasteiger charge is 2.24. The van der Waals surface area contributed by atoms with Gasteiger partial charge in [-0.3, -0.25) is 4.79 Å². The number of aromatic nitrogens is 1. The maximum absolute atomic E-state index is 13.1. The van der Waals surface area contributed by atoms with Crippen molar-refractivity contribution in [1.82, 2.24) is 9.88 Å². The summed E-state index contributed by atoms with van der Waals surface area (Å²) in [5.74, 6) is 0. The van der Waals surface area contributed by atoms with E-state index in [0.717, 1.165) is 34.9 Å². The molecule has 162 valence electrons. The molecule has 1 unspecified atom stereocenters. The number of aromatic amines is 1. The Bertz CT molecular complexity index is 1150. The Balaban J connectivity index is 1.62. The molecule has 1 aliphatic rings. The molecule has 1 saturated heterocycles. The van der Waals surface area contributed by atoms with Crippen molar-refractivity contribution in [1.29, 1.82) is 0 Å². The van der Waals surface area contributed by atoms with Gasteiger partial charge in [0, 0.05) is 29.4 Å². The quantitative estimate of drug-likeness (QED) is 0.586. The van der Waals surface area contributed by atoms with E-state index in [1.165, 1.54) is 0 Å². The van der Waals surface area contributed by atoms with E-state index in [9.17, 15) is 9.59 Å². The number of aryl methyl sites for hydroxylation is 2. The molecule has 2 aromatic carbocycles. The van der Waals surface area contributed by atoms with Crippen molar-refractivity contribution in [2.75, 3.05) is 18.5 Å². The number of hydrogen-bond acceptors (Lipinski definition) is 3. The molecule has 31 heavy (non-hydrogen) atoms. The molecule has 4 rings (SSSR count). The van der Waals surface area contributed by atoms with Crippen molar-refractivity contribution in [3.63, 3.8) is 0 Å². The van der Waals surface area contributed by atoms with Crippen LogP contribution in [0.1, 0.15) is 29.5 Å². The van der Waals surface area contributed by atoms with Gasteiger partial charge in [-0.2, -0.15) is 0 Å². The van der Waals surface area contributed by atoms with Crippen LogP contribution < -0.4 is 10.9 Å². The van der Waals surface area contributed by atoms with Gasteiger partial charge in [-0.25, -0.2) is 4.79 Å². The van der Waals surface area contributed by atoms with Gasteiger partial charge in [0.2, 0.25) is 0 Å². The lowest BCUT2D eigenvalue weighted by Crippen LogP contribution is -2.40. The standard InChI is InChI=1S/C24H26ClN3O3/c1-15-10-16(2)22-17(11-15)12-18(23(29)27-22)13-28(14-21-4-3-9-31-21)24(30)26-20-7-5-19(25)6-8-20/h5-8,10-12,21H,3-4,9,13-14H2,1-2H3,(H,26,30)(H,27,29). The Hall–Kier alpha value is -2.83. The first-order chi connectivity index (χ1) is 14.9. The minimum atomic E-state index is -0.280. The van der Waals surface area contributed by atoms with Crippen molar-refractivity contribution in [3.8, 4) is 0 Å². The minimum absolute atomic E-state index is 0.0278. The Morgan fingerprint density at radius 3 is 2.71 bits per heavy atom. The van der Waals surface area contributed by atoms with Crippen molar-refractivity contribution < 1.29 is 9.53 Å². The molecule has 1 atom stereocenters. The number of urea groups is 1. The average molecular weight is 440 g/mol. The second kappa shape index (κ2) is 9.12. The number of halogens is 1. The summed E-state index contributed by atoms with van der Waals surface area (Å²) in [6.45, 7) is 5.32. The molecule has 2 N–H and O–H groups in total. The van der Waals surface area contributed by atoms with Crippen LogP contribution in [0.3, 0.4) is 0 Å². The number of anilines is 1. The second-order valence-corrected chi connectivity index (χ2v) is 8.56. The van der Waals surface area contributed by atoms with Crippen LogP contribution in [0, 0.1) is 13.8 Å². The number of nitrogens with zero attached hydrogens (tertiary/aromatic N) is 1. The SMILES string of the molecule is Cc1cc(C)c2[nH]c(=O)c(CN(CC3CCCO3)C(=O)Nc3ccc(Cl)cc3)cc2c1. The molecule has 2 heterocycles. The van der Waals surface area contributed by atoms with E-state index < -0.39 is 0 Å². The Morgan fingerprint density at radius 2 is 2.00 bits per heavy atom. The third kappa shape index (κ3) is 5.09. The van der Waals surface area contributed by atoms with Gasteiger partial charge in [-0.1, -0.05) is 23.2 Å². The molecule has 1 aliphatic heterocycles. The molecule has 1 fully saturated rings. The number of rotatable bonds is 5. The van der Waals surface area contributed by atoms with E-state index >= 15 is 0 Å². The van der Waals surface area contributed by atoms with Crippen molar-refractivity contribution in [2.24, 2.45) is 0 Å². The van der Waals surface area contributed by atoms with Crippen molar-refractivity contribution in [3.05, 3.63) is 74.5 Å². The maximum atomic E-state index is 13.1. The first-order valence-electron chi connectivity index (χ1n) is 10.5. The van der Waals surface area contributed by atoms with Gasteiger partial charge in [0.25, 0.3) is 5.56 Å². The monoisotopic (exact) mass is 439 g/mol. The van der Waals surface area contributed by atoms with Crippen LogP contribution in [-0.4, -0.2) is 35.2 Å². The average Bonchev–Trinajstić information content (AvgIpc) is 3.23. The minimum Gasteiger partial charge on any atom is -0.376 e. The maximum Gasteiger partial charge on any atom is 0.322 e. The number of amides is 2. The molecule has 7 heteroatoms. The Kier molecular flexibility index (Phi) is 6.30. The van der Waals surface area contributed by atoms with Crippen molar-refractivity contribution in [2.45, 2.75) is 39.3 Å². The number of carbonyl (C=O) groups excluding carboxylic acids is 1. The number of ether oxygens (including phenoxy) is 1. The van der Waals surface area contributed by atoms with Crippen LogP contribution in [0.5, 0.6) is 0 Å². The molecule has 1 aromatic heterocycles. The van der Waals surface area contributed by atoms with Crippen LogP contribution in [0.2, 0.25) is 5.02 Å². The number of fused-ring (bicyclic) bond motifs is 1. The van der Waals surface area contributed by atoms with E-state index in [1.54, 1.807) is 29.2 Å². The predicted octanol–water partition coefficient (Wildman–Crippen LogP) is 5.01. The summed E-state index contributed by atoms with van der Waals surface area (Å²) < 4.78 is 5.74. The molecular weight excluding hydrogens is 414 g/mol. The summed E-state index contributed by atoms with van der Waals surface area (Å²) in [5.41, 5.74) is 3.98. The Labute approximate surface area is 186 Å². The summed E-state index contributed by atoms with van der Waals surface area (Å²) in [6.07, 6.45) is 1.85. The number of hydrogen-bond donors (Lipinski definition) is 2. The highest BCUT2D eigenvalue weighted by molar-refractivity contribution is 6.30. The predicted molar refractivity (Wildman–Crippen MR) is 124 cm³/mol. The van der Waals surface area contributed by atoms with Crippen LogP contribution in [0.4, 0.5) is 10.5 Å². The van der Waals surface area contributed by atoms with E-state index in [2.05, 4.69) is 10.3 Å². The summed E-state index contributed by atoms with van der Waals surface area (Å²) in [4.78, 5) is 30.5. The highest BCUT2D eigenvalue weighted by Crippen LogP contribution is 2.20. The number of nitrogens with one attached hydrogen (secondary N) is 2. The van der Waals surface area contributed by atoms with Crippen LogP contribution in [-0.2, 0) is 11.3 Å². The lowest BCUT2D eigenvalue weighted by Gasteiger charge is -2.26. The van der Waals surface area contributed by atoms with Gasteiger partial charge < -0.3 is 19.9 Å². The molecule has 6 nitrogen and oxygen atoms in total. The Morgan fingerprint density at radius 1 is 1.23 bits per heavy atom. The van der Waals surface area contributed by atoms with E-state index in [-0.39, 0.29) is 24.2 Å². The largest absolute Gasteiger partial charge is 0.376 e. The topological polar surface area (TPSA) is 74.4 Å². The number of pyridine rings is 1. The lowest BCUT2D eigenvalue weighted by molar-refractivity contribution is 0.0818. The fourth-order valence-electron chi connectivity index (χ4n) is 4.04. The number of carbonyl (C=O) groups is 1. The second-order valence-electron chi connectivity index (χ2n) is 8.12. The fraction of sp³-hybridized carbons (Fsp3) is 0.333. The zero-order chi connectivity index (χ0) is 22.0.